The van der Waals surface area contributed by atoms with Crippen LogP contribution in [0, 0.1) is 0 Å². The molecular formula is C29H25N3O2. The highest BCUT2D eigenvalue weighted by Crippen LogP contribution is 2.30. The second-order valence-electron chi connectivity index (χ2n) is 8.56. The van der Waals surface area contributed by atoms with Crippen molar-refractivity contribution in [3.05, 3.63) is 113 Å². The summed E-state index contributed by atoms with van der Waals surface area (Å²) in [7, 11) is 0. The van der Waals surface area contributed by atoms with Crippen LogP contribution >= 0.6 is 0 Å². The summed E-state index contributed by atoms with van der Waals surface area (Å²) in [6.07, 6.45) is 1.39. The summed E-state index contributed by atoms with van der Waals surface area (Å²) in [5.41, 5.74) is 4.90. The number of para-hydroxylation sites is 1. The molecule has 0 bridgehead atoms. The fourth-order valence-electron chi connectivity index (χ4n) is 4.19. The van der Waals surface area contributed by atoms with Gasteiger partial charge in [-0.15, -0.1) is 0 Å². The zero-order valence-corrected chi connectivity index (χ0v) is 19.2. The molecule has 0 amide bonds. The number of hydrogen-bond acceptors (Lipinski definition) is 4. The highest BCUT2D eigenvalue weighted by atomic mass is 16.5. The van der Waals surface area contributed by atoms with Crippen molar-refractivity contribution in [3.8, 4) is 17.0 Å². The van der Waals surface area contributed by atoms with Crippen LogP contribution in [0.3, 0.4) is 0 Å². The fraction of sp³-hybridized carbons (Fsp3) is 0.138. The Morgan fingerprint density at radius 3 is 2.53 bits per heavy atom. The van der Waals surface area contributed by atoms with E-state index < -0.39 is 0 Å². The lowest BCUT2D eigenvalue weighted by Gasteiger charge is -2.14. The maximum absolute atomic E-state index is 13.3. The minimum atomic E-state index is -0.317. The molecule has 0 aliphatic rings. The van der Waals surface area contributed by atoms with Gasteiger partial charge in [0.05, 0.1) is 35.2 Å². The second-order valence-corrected chi connectivity index (χ2v) is 8.56. The monoisotopic (exact) mass is 447 g/mol. The molecule has 0 saturated carbocycles. The molecule has 5 aromatic rings. The molecule has 5 heteroatoms. The largest absolute Gasteiger partial charge is 0.466 e. The third-order valence-corrected chi connectivity index (χ3v) is 6.00. The molecule has 3 aromatic carbocycles. The summed E-state index contributed by atoms with van der Waals surface area (Å²) >= 11 is 0. The molecule has 0 atom stereocenters. The van der Waals surface area contributed by atoms with E-state index in [4.69, 9.17) is 9.72 Å². The summed E-state index contributed by atoms with van der Waals surface area (Å²) in [4.78, 5) is 22.5. The van der Waals surface area contributed by atoms with Gasteiger partial charge in [0, 0.05) is 16.3 Å². The van der Waals surface area contributed by atoms with Crippen molar-refractivity contribution in [1.29, 1.82) is 0 Å². The Labute approximate surface area is 198 Å². The van der Waals surface area contributed by atoms with Crippen LogP contribution in [-0.4, -0.2) is 14.5 Å². The molecule has 0 unspecified atom stereocenters. The standard InChI is InChI=1S/C29H25N3O2/c1-4-34-24-15-16-27-25(17-24)28(22-11-9-20(10-12-22)19(2)3)31-29(33)32(27)18-23-14-13-21-7-5-6-8-26(21)30-23/h4-17,19H,1,18H2,2-3H3. The number of pyridine rings is 1. The molecule has 5 rings (SSSR count). The molecule has 2 heterocycles. The number of rotatable bonds is 6. The SMILES string of the molecule is C=COc1ccc2c(c1)c(-c1ccc(C(C)C)cc1)nc(=O)n2Cc1ccc2ccccc2n1. The van der Waals surface area contributed by atoms with E-state index in [1.54, 1.807) is 4.57 Å². The number of nitrogens with zero attached hydrogens (tertiary/aromatic N) is 3. The van der Waals surface area contributed by atoms with Gasteiger partial charge in [0.1, 0.15) is 5.75 Å². The zero-order valence-electron chi connectivity index (χ0n) is 19.2. The van der Waals surface area contributed by atoms with Crippen molar-refractivity contribution >= 4 is 21.8 Å². The predicted octanol–water partition coefficient (Wildman–Crippen LogP) is 6.31. The average molecular weight is 448 g/mol. The van der Waals surface area contributed by atoms with Gasteiger partial charge >= 0.3 is 5.69 Å². The zero-order chi connectivity index (χ0) is 23.7. The fourth-order valence-corrected chi connectivity index (χ4v) is 4.19. The molecule has 0 aliphatic heterocycles. The van der Waals surface area contributed by atoms with Crippen LogP contribution in [0.2, 0.25) is 0 Å². The molecule has 2 aromatic heterocycles. The molecule has 0 aliphatic carbocycles. The smallest absolute Gasteiger partial charge is 0.348 e. The van der Waals surface area contributed by atoms with Crippen LogP contribution < -0.4 is 10.4 Å². The van der Waals surface area contributed by atoms with E-state index in [0.717, 1.165) is 33.1 Å². The lowest BCUT2D eigenvalue weighted by molar-refractivity contribution is 0.484. The number of aromatic nitrogens is 3. The number of benzene rings is 3. The van der Waals surface area contributed by atoms with Gasteiger partial charge in [-0.25, -0.2) is 4.79 Å². The first kappa shape index (κ1) is 21.6. The molecule has 168 valence electrons. The Balaban J connectivity index is 1.66. The average Bonchev–Trinajstić information content (AvgIpc) is 2.86. The van der Waals surface area contributed by atoms with Crippen LogP contribution in [0.1, 0.15) is 31.0 Å². The maximum Gasteiger partial charge on any atom is 0.348 e. The summed E-state index contributed by atoms with van der Waals surface area (Å²) in [5.74, 6) is 1.06. The maximum atomic E-state index is 13.3. The third kappa shape index (κ3) is 4.08. The topological polar surface area (TPSA) is 57.0 Å². The first-order valence-electron chi connectivity index (χ1n) is 11.3. The lowest BCUT2D eigenvalue weighted by atomic mass is 9.99. The molecule has 34 heavy (non-hydrogen) atoms. The van der Waals surface area contributed by atoms with E-state index in [1.165, 1.54) is 11.8 Å². The van der Waals surface area contributed by atoms with Gasteiger partial charge in [-0.05, 0) is 41.8 Å². The van der Waals surface area contributed by atoms with Crippen LogP contribution in [0.25, 0.3) is 33.1 Å². The Morgan fingerprint density at radius 2 is 1.76 bits per heavy atom. The van der Waals surface area contributed by atoms with Crippen LogP contribution in [0.4, 0.5) is 0 Å². The van der Waals surface area contributed by atoms with Crippen LogP contribution in [0.15, 0.2) is 96.5 Å². The van der Waals surface area contributed by atoms with Crippen molar-refractivity contribution in [2.24, 2.45) is 0 Å². The number of hydrogen-bond donors (Lipinski definition) is 0. The van der Waals surface area contributed by atoms with E-state index >= 15 is 0 Å². The van der Waals surface area contributed by atoms with E-state index in [1.807, 2.05) is 66.7 Å². The van der Waals surface area contributed by atoms with E-state index in [-0.39, 0.29) is 5.69 Å². The first-order chi connectivity index (χ1) is 16.5. The normalized spacial score (nSPS) is 11.3. The summed E-state index contributed by atoms with van der Waals surface area (Å²) in [6, 6.07) is 25.8. The van der Waals surface area contributed by atoms with Crippen molar-refractivity contribution < 1.29 is 4.74 Å². The molecule has 0 N–H and O–H groups in total. The molecule has 0 fully saturated rings. The van der Waals surface area contributed by atoms with Gasteiger partial charge in [0.25, 0.3) is 0 Å². The van der Waals surface area contributed by atoms with E-state index in [9.17, 15) is 4.79 Å². The number of ether oxygens (including phenoxy) is 1. The van der Waals surface area contributed by atoms with Gasteiger partial charge in [-0.2, -0.15) is 4.98 Å². The van der Waals surface area contributed by atoms with Crippen molar-refractivity contribution in [1.82, 2.24) is 14.5 Å². The molecule has 0 radical (unpaired) electrons. The van der Waals surface area contributed by atoms with E-state index in [0.29, 0.717) is 23.9 Å². The quantitative estimate of drug-likeness (QED) is 0.286. The number of fused-ring (bicyclic) bond motifs is 2. The molecular weight excluding hydrogens is 422 g/mol. The minimum absolute atomic E-state index is 0.317. The Bertz CT molecular complexity index is 1570. The van der Waals surface area contributed by atoms with Crippen molar-refractivity contribution in [2.75, 3.05) is 0 Å². The third-order valence-electron chi connectivity index (χ3n) is 6.00. The van der Waals surface area contributed by atoms with Gasteiger partial charge in [-0.1, -0.05) is 69.0 Å². The first-order valence-corrected chi connectivity index (χ1v) is 11.3. The summed E-state index contributed by atoms with van der Waals surface area (Å²) < 4.78 is 7.19. The van der Waals surface area contributed by atoms with Gasteiger partial charge < -0.3 is 4.74 Å². The van der Waals surface area contributed by atoms with Gasteiger partial charge in [0.2, 0.25) is 0 Å². The second kappa shape index (κ2) is 8.94. The Hall–Kier alpha value is -4.25. The van der Waals surface area contributed by atoms with Crippen LogP contribution in [0.5, 0.6) is 5.75 Å². The van der Waals surface area contributed by atoms with Gasteiger partial charge in [0.15, 0.2) is 0 Å². The minimum Gasteiger partial charge on any atom is -0.466 e. The Kier molecular flexibility index (Phi) is 5.68. The van der Waals surface area contributed by atoms with Crippen molar-refractivity contribution in [3.63, 3.8) is 0 Å². The van der Waals surface area contributed by atoms with Crippen molar-refractivity contribution in [2.45, 2.75) is 26.3 Å². The summed E-state index contributed by atoms with van der Waals surface area (Å²) in [6.45, 7) is 8.29. The molecule has 5 nitrogen and oxygen atoms in total. The summed E-state index contributed by atoms with van der Waals surface area (Å²) in [5, 5.41) is 1.89. The van der Waals surface area contributed by atoms with Crippen LogP contribution in [-0.2, 0) is 6.54 Å². The molecule has 0 saturated heterocycles. The highest BCUT2D eigenvalue weighted by molar-refractivity contribution is 5.93. The predicted molar refractivity (Wildman–Crippen MR) is 137 cm³/mol. The molecule has 0 spiro atoms. The highest BCUT2D eigenvalue weighted by Gasteiger charge is 2.15. The van der Waals surface area contributed by atoms with Gasteiger partial charge in [-0.3, -0.25) is 9.55 Å². The van der Waals surface area contributed by atoms with E-state index in [2.05, 4.69) is 37.5 Å². The lowest BCUT2D eigenvalue weighted by Crippen LogP contribution is -2.25. The Morgan fingerprint density at radius 1 is 0.971 bits per heavy atom.